The highest BCUT2D eigenvalue weighted by molar-refractivity contribution is 7.89. The lowest BCUT2D eigenvalue weighted by atomic mass is 10.1. The average molecular weight is 456 g/mol. The van der Waals surface area contributed by atoms with Crippen molar-refractivity contribution in [2.45, 2.75) is 56.3 Å². The number of piperidine rings is 1. The van der Waals surface area contributed by atoms with Gasteiger partial charge in [-0.25, -0.2) is 13.2 Å². The Morgan fingerprint density at radius 1 is 1.26 bits per heavy atom. The predicted octanol–water partition coefficient (Wildman–Crippen LogP) is 1.02. The second-order valence-corrected chi connectivity index (χ2v) is 9.85. The summed E-state index contributed by atoms with van der Waals surface area (Å²) in [6, 6.07) is 6.22. The van der Waals surface area contributed by atoms with Crippen LogP contribution < -0.4 is 10.0 Å². The Bertz CT molecular complexity index is 869. The Balaban J connectivity index is 2.04. The lowest BCUT2D eigenvalue weighted by Crippen LogP contribution is -2.51. The number of esters is 1. The summed E-state index contributed by atoms with van der Waals surface area (Å²) >= 11 is 0. The van der Waals surface area contributed by atoms with Crippen molar-refractivity contribution < 1.29 is 32.3 Å². The van der Waals surface area contributed by atoms with Crippen LogP contribution in [0.1, 0.15) is 33.6 Å². The molecule has 1 heterocycles. The highest BCUT2D eigenvalue weighted by Crippen LogP contribution is 2.18. The second-order valence-electron chi connectivity index (χ2n) is 8.14. The summed E-state index contributed by atoms with van der Waals surface area (Å²) in [6.07, 6.45) is 0.363. The molecule has 0 bridgehead atoms. The lowest BCUT2D eigenvalue weighted by molar-refractivity contribution is -0.153. The van der Waals surface area contributed by atoms with Crippen molar-refractivity contribution in [2.75, 3.05) is 19.6 Å². The maximum Gasteiger partial charge on any atom is 0.410 e. The summed E-state index contributed by atoms with van der Waals surface area (Å²) in [5.74, 6) is -0.843. The zero-order valence-corrected chi connectivity index (χ0v) is 18.7. The molecule has 2 rings (SSSR count). The zero-order chi connectivity index (χ0) is 23.1. The number of rotatable bonds is 8. The smallest absolute Gasteiger partial charge is 0.410 e. The van der Waals surface area contributed by atoms with E-state index in [0.717, 1.165) is 0 Å². The van der Waals surface area contributed by atoms with Gasteiger partial charge in [-0.1, -0.05) is 18.2 Å². The molecule has 2 atom stereocenters. The van der Waals surface area contributed by atoms with Gasteiger partial charge in [0, 0.05) is 13.1 Å². The first kappa shape index (κ1) is 24.6. The van der Waals surface area contributed by atoms with E-state index in [4.69, 9.17) is 9.47 Å². The highest BCUT2D eigenvalue weighted by Gasteiger charge is 2.33. The molecule has 2 N–H and O–H groups in total. The van der Waals surface area contributed by atoms with E-state index in [-0.39, 0.29) is 18.0 Å². The maximum absolute atomic E-state index is 12.7. The lowest BCUT2D eigenvalue weighted by Gasteiger charge is -2.34. The third kappa shape index (κ3) is 7.83. The van der Waals surface area contributed by atoms with Crippen LogP contribution in [0.2, 0.25) is 0 Å². The number of nitrogens with zero attached hydrogens (tertiary/aromatic N) is 1. The third-order valence-electron chi connectivity index (χ3n) is 4.35. The fourth-order valence-corrected chi connectivity index (χ4v) is 4.17. The first-order chi connectivity index (χ1) is 14.5. The van der Waals surface area contributed by atoms with Crippen LogP contribution in [0.25, 0.3) is 0 Å². The molecule has 0 radical (unpaired) electrons. The van der Waals surface area contributed by atoms with E-state index < -0.39 is 39.8 Å². The molecule has 1 fully saturated rings. The second kappa shape index (κ2) is 10.6. The third-order valence-corrected chi connectivity index (χ3v) is 5.84. The molecule has 1 aromatic carbocycles. The highest BCUT2D eigenvalue weighted by atomic mass is 32.2. The van der Waals surface area contributed by atoms with E-state index in [1.807, 2.05) is 0 Å². The number of amides is 2. The Morgan fingerprint density at radius 2 is 1.94 bits per heavy atom. The number of benzene rings is 1. The molecule has 0 spiro atoms. The summed E-state index contributed by atoms with van der Waals surface area (Å²) in [5, 5.41) is 2.30. The predicted molar refractivity (Wildman–Crippen MR) is 112 cm³/mol. The van der Waals surface area contributed by atoms with Gasteiger partial charge in [0.15, 0.2) is 0 Å². The quantitative estimate of drug-likeness (QED) is 0.442. The zero-order valence-electron chi connectivity index (χ0n) is 17.9. The number of ether oxygens (including phenoxy) is 2. The Labute approximate surface area is 182 Å². The molecule has 2 unspecified atom stereocenters. The molecular weight excluding hydrogens is 426 g/mol. The molecule has 31 heavy (non-hydrogen) atoms. The van der Waals surface area contributed by atoms with E-state index in [1.54, 1.807) is 39.0 Å². The van der Waals surface area contributed by atoms with E-state index in [9.17, 15) is 22.8 Å². The minimum atomic E-state index is -4.01. The normalized spacial score (nSPS) is 18.0. The average Bonchev–Trinajstić information content (AvgIpc) is 2.70. The van der Waals surface area contributed by atoms with Gasteiger partial charge in [-0.05, 0) is 45.7 Å². The number of likely N-dealkylation sites (tertiary alicyclic amines) is 1. The van der Waals surface area contributed by atoms with Gasteiger partial charge in [0.25, 0.3) is 0 Å². The number of carbonyl (C=O) groups excluding carboxylic acids is 3. The van der Waals surface area contributed by atoms with Gasteiger partial charge >= 0.3 is 12.1 Å². The van der Waals surface area contributed by atoms with Crippen LogP contribution in [-0.2, 0) is 29.1 Å². The van der Waals surface area contributed by atoms with Crippen molar-refractivity contribution >= 4 is 28.5 Å². The van der Waals surface area contributed by atoms with Crippen LogP contribution in [0.3, 0.4) is 0 Å². The summed E-state index contributed by atoms with van der Waals surface area (Å²) in [4.78, 5) is 37.1. The van der Waals surface area contributed by atoms with Crippen molar-refractivity contribution in [1.29, 1.82) is 0 Å². The largest absolute Gasteiger partial charge is 0.459 e. The van der Waals surface area contributed by atoms with Crippen molar-refractivity contribution in [1.82, 2.24) is 14.9 Å². The van der Waals surface area contributed by atoms with E-state index in [0.29, 0.717) is 25.8 Å². The van der Waals surface area contributed by atoms with E-state index >= 15 is 0 Å². The molecule has 10 nitrogen and oxygen atoms in total. The fraction of sp³-hybridized carbons (Fsp3) is 0.550. The fourth-order valence-electron chi connectivity index (χ4n) is 2.97. The van der Waals surface area contributed by atoms with Crippen molar-refractivity contribution in [2.24, 2.45) is 0 Å². The Hall–Kier alpha value is -2.66. The summed E-state index contributed by atoms with van der Waals surface area (Å²) in [5.41, 5.74) is -0.651. The molecule has 2 amide bonds. The number of sulfonamides is 1. The minimum absolute atomic E-state index is 0.0207. The van der Waals surface area contributed by atoms with Crippen molar-refractivity contribution in [3.8, 4) is 0 Å². The molecule has 11 heteroatoms. The van der Waals surface area contributed by atoms with Crippen molar-refractivity contribution in [3.05, 3.63) is 30.3 Å². The van der Waals surface area contributed by atoms with Gasteiger partial charge in [-0.2, -0.15) is 4.72 Å². The topological polar surface area (TPSA) is 131 Å². The molecule has 0 aliphatic carbocycles. The molecule has 1 saturated heterocycles. The van der Waals surface area contributed by atoms with Crippen LogP contribution in [0, 0.1) is 0 Å². The van der Waals surface area contributed by atoms with Crippen LogP contribution in [0.5, 0.6) is 0 Å². The molecule has 0 aromatic heterocycles. The first-order valence-corrected chi connectivity index (χ1v) is 11.4. The van der Waals surface area contributed by atoms with Gasteiger partial charge in [0.1, 0.15) is 17.7 Å². The number of hydrogen-bond donors (Lipinski definition) is 2. The molecule has 1 aliphatic heterocycles. The summed E-state index contributed by atoms with van der Waals surface area (Å²) in [6.45, 7) is 5.61. The molecule has 0 saturated carbocycles. The number of hydrogen-bond acceptors (Lipinski definition) is 7. The van der Waals surface area contributed by atoms with Crippen LogP contribution in [0.15, 0.2) is 35.2 Å². The van der Waals surface area contributed by atoms with Gasteiger partial charge in [0.05, 0.1) is 11.4 Å². The van der Waals surface area contributed by atoms with Crippen LogP contribution in [-0.4, -0.2) is 69.2 Å². The van der Waals surface area contributed by atoms with Gasteiger partial charge in [-0.15, -0.1) is 0 Å². The van der Waals surface area contributed by atoms with Gasteiger partial charge in [-0.3, -0.25) is 9.59 Å². The van der Waals surface area contributed by atoms with E-state index in [2.05, 4.69) is 10.0 Å². The van der Waals surface area contributed by atoms with E-state index in [1.165, 1.54) is 17.0 Å². The van der Waals surface area contributed by atoms with Gasteiger partial charge in [0.2, 0.25) is 16.4 Å². The summed E-state index contributed by atoms with van der Waals surface area (Å²) < 4.78 is 38.2. The van der Waals surface area contributed by atoms with Crippen LogP contribution in [0.4, 0.5) is 4.79 Å². The Morgan fingerprint density at radius 3 is 2.55 bits per heavy atom. The Kier molecular flexibility index (Phi) is 8.40. The monoisotopic (exact) mass is 455 g/mol. The molecular formula is C20H29N3O7S. The summed E-state index contributed by atoms with van der Waals surface area (Å²) in [7, 11) is -4.01. The number of carbonyl (C=O) groups is 3. The van der Waals surface area contributed by atoms with Crippen LogP contribution >= 0.6 is 0 Å². The molecule has 172 valence electrons. The molecule has 1 aliphatic rings. The SMILES string of the molecule is CC(C)(C)OC(=O)N1CCCC(OC(=O)C(CNC=O)NS(=O)(=O)c2ccccc2)C1. The van der Waals surface area contributed by atoms with Crippen molar-refractivity contribution in [3.63, 3.8) is 0 Å². The maximum atomic E-state index is 12.7. The molecule has 1 aromatic rings. The standard InChI is InChI=1S/C20H29N3O7S/c1-20(2,3)30-19(26)23-11-7-8-15(13-23)29-18(25)17(12-21-14-24)22-31(27,28)16-9-5-4-6-10-16/h4-6,9-10,14-15,17,22H,7-8,11-13H2,1-3H3,(H,21,24). The first-order valence-electron chi connectivity index (χ1n) is 9.94. The van der Waals surface area contributed by atoms with Gasteiger partial charge < -0.3 is 19.7 Å². The number of nitrogens with one attached hydrogen (secondary N) is 2. The minimum Gasteiger partial charge on any atom is -0.459 e.